The highest BCUT2D eigenvalue weighted by atomic mass is 16.5. The standard InChI is InChI=1S/C12H18N4O3/c1-9(17)11-13-4-3-10(14-11)15-5-7-16(8-6-15)12(18)19-2/h3-4,9,17H,5-8H2,1-2H3/t9-/m1/s1. The third kappa shape index (κ3) is 3.11. The molecule has 1 amide bonds. The maximum atomic E-state index is 11.4. The Kier molecular flexibility index (Phi) is 4.16. The topological polar surface area (TPSA) is 78.8 Å². The van der Waals surface area contributed by atoms with Gasteiger partial charge in [0.1, 0.15) is 11.9 Å². The van der Waals surface area contributed by atoms with Crippen molar-refractivity contribution < 1.29 is 14.6 Å². The molecule has 1 N–H and O–H groups in total. The molecule has 7 nitrogen and oxygen atoms in total. The summed E-state index contributed by atoms with van der Waals surface area (Å²) < 4.78 is 4.69. The fourth-order valence-electron chi connectivity index (χ4n) is 1.99. The van der Waals surface area contributed by atoms with Gasteiger partial charge in [0.05, 0.1) is 7.11 Å². The van der Waals surface area contributed by atoms with Crippen LogP contribution in [0.1, 0.15) is 18.9 Å². The maximum Gasteiger partial charge on any atom is 0.409 e. The Hall–Kier alpha value is -1.89. The van der Waals surface area contributed by atoms with Gasteiger partial charge in [-0.3, -0.25) is 0 Å². The van der Waals surface area contributed by atoms with E-state index in [2.05, 4.69) is 14.9 Å². The number of rotatable bonds is 2. The zero-order chi connectivity index (χ0) is 13.8. The molecular formula is C12H18N4O3. The van der Waals surface area contributed by atoms with Gasteiger partial charge in [0, 0.05) is 32.4 Å². The zero-order valence-electron chi connectivity index (χ0n) is 11.1. The first-order valence-corrected chi connectivity index (χ1v) is 6.20. The molecular weight excluding hydrogens is 248 g/mol. The van der Waals surface area contributed by atoms with Crippen molar-refractivity contribution in [2.24, 2.45) is 0 Å². The molecule has 0 bridgehead atoms. The third-order valence-electron chi connectivity index (χ3n) is 3.07. The van der Waals surface area contributed by atoms with Crippen LogP contribution in [0.3, 0.4) is 0 Å². The van der Waals surface area contributed by atoms with Gasteiger partial charge in [-0.05, 0) is 13.0 Å². The van der Waals surface area contributed by atoms with E-state index in [1.165, 1.54) is 7.11 Å². The minimum Gasteiger partial charge on any atom is -0.453 e. The van der Waals surface area contributed by atoms with Crippen molar-refractivity contribution in [2.75, 3.05) is 38.2 Å². The second-order valence-electron chi connectivity index (χ2n) is 4.39. The summed E-state index contributed by atoms with van der Waals surface area (Å²) in [5.41, 5.74) is 0. The Morgan fingerprint density at radius 3 is 2.68 bits per heavy atom. The first-order valence-electron chi connectivity index (χ1n) is 6.20. The van der Waals surface area contributed by atoms with Crippen LogP contribution in [0.25, 0.3) is 0 Å². The van der Waals surface area contributed by atoms with E-state index in [4.69, 9.17) is 4.74 Å². The van der Waals surface area contributed by atoms with Crippen molar-refractivity contribution in [1.82, 2.24) is 14.9 Å². The van der Waals surface area contributed by atoms with Gasteiger partial charge in [0.25, 0.3) is 0 Å². The van der Waals surface area contributed by atoms with Crippen LogP contribution >= 0.6 is 0 Å². The van der Waals surface area contributed by atoms with Crippen molar-refractivity contribution in [2.45, 2.75) is 13.0 Å². The van der Waals surface area contributed by atoms with Crippen molar-refractivity contribution in [3.63, 3.8) is 0 Å². The predicted molar refractivity (Wildman–Crippen MR) is 68.9 cm³/mol. The number of piperazine rings is 1. The molecule has 1 fully saturated rings. The molecule has 1 aliphatic rings. The van der Waals surface area contributed by atoms with Crippen LogP contribution in [0.15, 0.2) is 12.3 Å². The summed E-state index contributed by atoms with van der Waals surface area (Å²) in [5.74, 6) is 1.18. The molecule has 0 radical (unpaired) electrons. The van der Waals surface area contributed by atoms with E-state index in [0.29, 0.717) is 32.0 Å². The van der Waals surface area contributed by atoms with Crippen LogP contribution in [0, 0.1) is 0 Å². The number of carbonyl (C=O) groups excluding carboxylic acids is 1. The highest BCUT2D eigenvalue weighted by molar-refractivity contribution is 5.67. The van der Waals surface area contributed by atoms with Gasteiger partial charge in [0.15, 0.2) is 5.82 Å². The molecule has 2 rings (SSSR count). The molecule has 0 saturated carbocycles. The quantitative estimate of drug-likeness (QED) is 0.835. The van der Waals surface area contributed by atoms with Crippen LogP contribution < -0.4 is 4.90 Å². The van der Waals surface area contributed by atoms with Crippen LogP contribution in [-0.2, 0) is 4.74 Å². The number of hydrogen-bond acceptors (Lipinski definition) is 6. The normalized spacial score (nSPS) is 17.2. The molecule has 104 valence electrons. The average Bonchev–Trinajstić information content (AvgIpc) is 2.46. The summed E-state index contributed by atoms with van der Waals surface area (Å²) in [6, 6.07) is 1.81. The molecule has 0 spiro atoms. The van der Waals surface area contributed by atoms with Crippen LogP contribution in [0.2, 0.25) is 0 Å². The number of nitrogens with zero attached hydrogens (tertiary/aromatic N) is 4. The molecule has 1 saturated heterocycles. The minimum absolute atomic E-state index is 0.299. The first kappa shape index (κ1) is 13.5. The lowest BCUT2D eigenvalue weighted by molar-refractivity contribution is 0.121. The third-order valence-corrected chi connectivity index (χ3v) is 3.07. The smallest absolute Gasteiger partial charge is 0.409 e. The summed E-state index contributed by atoms with van der Waals surface area (Å²) in [6.45, 7) is 4.20. The molecule has 1 aromatic heterocycles. The number of anilines is 1. The fraction of sp³-hybridized carbons (Fsp3) is 0.583. The molecule has 0 aromatic carbocycles. The second-order valence-corrected chi connectivity index (χ2v) is 4.39. The molecule has 2 heterocycles. The lowest BCUT2D eigenvalue weighted by Crippen LogP contribution is -2.49. The van der Waals surface area contributed by atoms with E-state index in [1.54, 1.807) is 24.1 Å². The van der Waals surface area contributed by atoms with Gasteiger partial charge in [-0.1, -0.05) is 0 Å². The lowest BCUT2D eigenvalue weighted by atomic mass is 10.3. The SMILES string of the molecule is COC(=O)N1CCN(c2ccnc([C@@H](C)O)n2)CC1. The van der Waals surface area contributed by atoms with E-state index in [-0.39, 0.29) is 6.09 Å². The predicted octanol–water partition coefficient (Wildman–Crippen LogP) is 0.418. The number of carbonyl (C=O) groups is 1. The van der Waals surface area contributed by atoms with Gasteiger partial charge >= 0.3 is 6.09 Å². The Morgan fingerprint density at radius 1 is 1.42 bits per heavy atom. The van der Waals surface area contributed by atoms with Crippen molar-refractivity contribution in [1.29, 1.82) is 0 Å². The van der Waals surface area contributed by atoms with E-state index in [1.807, 2.05) is 0 Å². The molecule has 0 unspecified atom stereocenters. The average molecular weight is 266 g/mol. The Bertz CT molecular complexity index is 444. The van der Waals surface area contributed by atoms with Crippen molar-refractivity contribution >= 4 is 11.9 Å². The number of aliphatic hydroxyl groups is 1. The number of hydrogen-bond donors (Lipinski definition) is 1. The number of ether oxygens (including phenoxy) is 1. The van der Waals surface area contributed by atoms with Crippen LogP contribution in [-0.4, -0.2) is 59.4 Å². The highest BCUT2D eigenvalue weighted by Gasteiger charge is 2.22. The molecule has 0 aliphatic carbocycles. The molecule has 19 heavy (non-hydrogen) atoms. The largest absolute Gasteiger partial charge is 0.453 e. The van der Waals surface area contributed by atoms with Crippen LogP contribution in [0.4, 0.5) is 10.6 Å². The number of methoxy groups -OCH3 is 1. The van der Waals surface area contributed by atoms with Gasteiger partial charge < -0.3 is 19.6 Å². The van der Waals surface area contributed by atoms with Crippen LogP contribution in [0.5, 0.6) is 0 Å². The molecule has 1 atom stereocenters. The summed E-state index contributed by atoms with van der Waals surface area (Å²) >= 11 is 0. The van der Waals surface area contributed by atoms with E-state index < -0.39 is 6.10 Å². The summed E-state index contributed by atoms with van der Waals surface area (Å²) in [6.07, 6.45) is 0.653. The number of aliphatic hydroxyl groups excluding tert-OH is 1. The van der Waals surface area contributed by atoms with Crippen molar-refractivity contribution in [3.8, 4) is 0 Å². The van der Waals surface area contributed by atoms with Gasteiger partial charge in [0.2, 0.25) is 0 Å². The summed E-state index contributed by atoms with van der Waals surface area (Å²) in [7, 11) is 1.38. The minimum atomic E-state index is -0.684. The van der Waals surface area contributed by atoms with Gasteiger partial charge in [-0.25, -0.2) is 14.8 Å². The zero-order valence-corrected chi connectivity index (χ0v) is 11.1. The van der Waals surface area contributed by atoms with E-state index in [0.717, 1.165) is 5.82 Å². The first-order chi connectivity index (χ1) is 9.11. The Balaban J connectivity index is 2.01. The molecule has 1 aliphatic heterocycles. The Morgan fingerprint density at radius 2 is 2.11 bits per heavy atom. The number of amides is 1. The highest BCUT2D eigenvalue weighted by Crippen LogP contribution is 2.15. The fourth-order valence-corrected chi connectivity index (χ4v) is 1.99. The molecule has 1 aromatic rings. The Labute approximate surface area is 111 Å². The van der Waals surface area contributed by atoms with Gasteiger partial charge in [-0.15, -0.1) is 0 Å². The van der Waals surface area contributed by atoms with Gasteiger partial charge in [-0.2, -0.15) is 0 Å². The second kappa shape index (κ2) is 5.83. The maximum absolute atomic E-state index is 11.4. The molecule has 7 heteroatoms. The summed E-state index contributed by atoms with van der Waals surface area (Å²) in [5, 5.41) is 9.48. The van der Waals surface area contributed by atoms with E-state index >= 15 is 0 Å². The summed E-state index contributed by atoms with van der Waals surface area (Å²) in [4.78, 5) is 23.4. The lowest BCUT2D eigenvalue weighted by Gasteiger charge is -2.34. The number of aromatic nitrogens is 2. The van der Waals surface area contributed by atoms with E-state index in [9.17, 15) is 9.90 Å². The monoisotopic (exact) mass is 266 g/mol. The van der Waals surface area contributed by atoms with Crippen molar-refractivity contribution in [3.05, 3.63) is 18.1 Å².